The highest BCUT2D eigenvalue weighted by Crippen LogP contribution is 2.42. The van der Waals surface area contributed by atoms with Crippen LogP contribution in [0.5, 0.6) is 17.2 Å². The second kappa shape index (κ2) is 8.44. The molecular weight excluding hydrogens is 339 g/mol. The van der Waals surface area contributed by atoms with E-state index in [4.69, 9.17) is 25.8 Å². The van der Waals surface area contributed by atoms with Crippen molar-refractivity contribution in [2.45, 2.75) is 0 Å². The van der Waals surface area contributed by atoms with E-state index >= 15 is 0 Å². The number of para-hydroxylation sites is 3. The molecule has 3 aromatic rings. The van der Waals surface area contributed by atoms with Gasteiger partial charge < -0.3 is 13.6 Å². The van der Waals surface area contributed by atoms with E-state index in [0.29, 0.717) is 17.2 Å². The molecule has 0 radical (unpaired) electrons. The van der Waals surface area contributed by atoms with Crippen molar-refractivity contribution in [3.63, 3.8) is 0 Å². The van der Waals surface area contributed by atoms with Crippen LogP contribution in [0.2, 0.25) is 0 Å². The smallest absolute Gasteiger partial charge is 0.409 e. The number of thiocarbonyl (C=S) groups is 1. The van der Waals surface area contributed by atoms with Crippen molar-refractivity contribution in [3.8, 4) is 17.2 Å². The van der Waals surface area contributed by atoms with Gasteiger partial charge in [0.1, 0.15) is 17.2 Å². The van der Waals surface area contributed by atoms with Gasteiger partial charge in [-0.15, -0.1) is 0 Å². The van der Waals surface area contributed by atoms with E-state index in [1.54, 1.807) is 5.37 Å². The van der Waals surface area contributed by atoms with Gasteiger partial charge >= 0.3 is 8.60 Å². The summed E-state index contributed by atoms with van der Waals surface area (Å²) in [7, 11) is -1.68. The Labute approximate surface area is 147 Å². The van der Waals surface area contributed by atoms with Crippen molar-refractivity contribution in [1.29, 1.82) is 0 Å². The van der Waals surface area contributed by atoms with Gasteiger partial charge in [-0.3, -0.25) is 0 Å². The Hall–Kier alpha value is -2.42. The van der Waals surface area contributed by atoms with Crippen molar-refractivity contribution in [2.24, 2.45) is 0 Å². The van der Waals surface area contributed by atoms with Crippen LogP contribution in [0.15, 0.2) is 84.9 Å². The van der Waals surface area contributed by atoms with Crippen LogP contribution in [-0.2, 0) is 0 Å². The summed E-state index contributed by atoms with van der Waals surface area (Å²) in [6.45, 7) is 0. The highest BCUT2D eigenvalue weighted by atomic mass is 32.1. The number of rotatable bonds is 7. The zero-order chi connectivity index (χ0) is 16.6. The van der Waals surface area contributed by atoms with Crippen molar-refractivity contribution >= 4 is 26.2 Å². The zero-order valence-corrected chi connectivity index (χ0v) is 14.5. The number of benzene rings is 3. The summed E-state index contributed by atoms with van der Waals surface area (Å²) in [4.78, 5) is 0. The fraction of sp³-hybridized carbons (Fsp3) is 0. The Kier molecular flexibility index (Phi) is 5.78. The van der Waals surface area contributed by atoms with Crippen LogP contribution in [0.4, 0.5) is 0 Å². The summed E-state index contributed by atoms with van der Waals surface area (Å²) in [5.41, 5.74) is 0.813. The Balaban J connectivity index is 1.82. The molecule has 24 heavy (non-hydrogen) atoms. The first kappa shape index (κ1) is 16.4. The molecule has 0 saturated heterocycles. The maximum absolute atomic E-state index is 5.97. The van der Waals surface area contributed by atoms with Crippen molar-refractivity contribution in [2.75, 3.05) is 0 Å². The van der Waals surface area contributed by atoms with E-state index < -0.39 is 8.60 Å². The van der Waals surface area contributed by atoms with Gasteiger partial charge in [-0.2, -0.15) is 0 Å². The molecule has 0 amide bonds. The summed E-state index contributed by atoms with van der Waals surface area (Å²) in [6.07, 6.45) is 0. The second-order valence-corrected chi connectivity index (χ2v) is 6.01. The summed E-state index contributed by atoms with van der Waals surface area (Å²) < 4.78 is 17.8. The monoisotopic (exact) mass is 354 g/mol. The molecule has 0 atom stereocenters. The number of hydrogen-bond acceptors (Lipinski definition) is 4. The fourth-order valence-corrected chi connectivity index (χ4v) is 3.15. The fourth-order valence-electron chi connectivity index (χ4n) is 1.93. The molecule has 3 rings (SSSR count). The summed E-state index contributed by atoms with van der Waals surface area (Å²) >= 11 is 5.04. The summed E-state index contributed by atoms with van der Waals surface area (Å²) in [6, 6.07) is 26.4. The first-order valence-corrected chi connectivity index (χ1v) is 8.90. The Morgan fingerprint density at radius 1 is 0.625 bits per heavy atom. The SMILES string of the molecule is S=Cc1ccccc1OP(Oc1ccccc1)Oc1ccccc1. The average Bonchev–Trinajstić information content (AvgIpc) is 2.64. The standard InChI is InChI=1S/C19H15O3PS/c24-15-16-9-7-8-14-19(16)22-23(20-17-10-3-1-4-11-17)21-18-12-5-2-6-13-18/h1-15H. The lowest BCUT2D eigenvalue weighted by Crippen LogP contribution is -2.03. The molecule has 0 aliphatic heterocycles. The van der Waals surface area contributed by atoms with E-state index in [1.807, 2.05) is 84.9 Å². The van der Waals surface area contributed by atoms with Crippen LogP contribution < -0.4 is 13.6 Å². The van der Waals surface area contributed by atoms with Gasteiger partial charge in [0, 0.05) is 10.9 Å². The van der Waals surface area contributed by atoms with Crippen LogP contribution in [0.1, 0.15) is 5.56 Å². The Morgan fingerprint density at radius 3 is 1.67 bits per heavy atom. The van der Waals surface area contributed by atoms with Crippen LogP contribution in [0, 0.1) is 0 Å². The molecule has 0 aliphatic rings. The van der Waals surface area contributed by atoms with Crippen molar-refractivity contribution in [1.82, 2.24) is 0 Å². The summed E-state index contributed by atoms with van der Waals surface area (Å²) in [5.74, 6) is 1.99. The van der Waals surface area contributed by atoms with Crippen molar-refractivity contribution < 1.29 is 13.6 Å². The van der Waals surface area contributed by atoms with Gasteiger partial charge in [-0.1, -0.05) is 66.8 Å². The Morgan fingerprint density at radius 2 is 1.12 bits per heavy atom. The molecule has 120 valence electrons. The molecule has 0 spiro atoms. The van der Waals surface area contributed by atoms with E-state index in [2.05, 4.69) is 0 Å². The highest BCUT2D eigenvalue weighted by molar-refractivity contribution is 7.79. The molecule has 0 N–H and O–H groups in total. The first-order valence-electron chi connectivity index (χ1n) is 7.33. The predicted octanol–water partition coefficient (Wildman–Crippen LogP) is 5.80. The lowest BCUT2D eigenvalue weighted by molar-refractivity contribution is 0.388. The maximum Gasteiger partial charge on any atom is 0.530 e. The van der Waals surface area contributed by atoms with Gasteiger partial charge in [-0.25, -0.2) is 0 Å². The minimum atomic E-state index is -1.68. The summed E-state index contributed by atoms with van der Waals surface area (Å²) in [5, 5.41) is 1.58. The average molecular weight is 354 g/mol. The van der Waals surface area contributed by atoms with Gasteiger partial charge in [0.15, 0.2) is 0 Å². The lowest BCUT2D eigenvalue weighted by Gasteiger charge is -2.18. The zero-order valence-electron chi connectivity index (χ0n) is 12.7. The van der Waals surface area contributed by atoms with Crippen molar-refractivity contribution in [3.05, 3.63) is 90.5 Å². The molecule has 0 fully saturated rings. The van der Waals surface area contributed by atoms with Crippen LogP contribution in [0.3, 0.4) is 0 Å². The lowest BCUT2D eigenvalue weighted by atomic mass is 10.2. The second-order valence-electron chi connectivity index (χ2n) is 4.78. The Bertz CT molecular complexity index is 739. The topological polar surface area (TPSA) is 27.7 Å². The molecular formula is C19H15O3PS. The van der Waals surface area contributed by atoms with Crippen LogP contribution >= 0.6 is 20.8 Å². The quantitative estimate of drug-likeness (QED) is 0.396. The minimum Gasteiger partial charge on any atom is -0.409 e. The molecule has 0 unspecified atom stereocenters. The maximum atomic E-state index is 5.97. The third-order valence-corrected chi connectivity index (χ3v) is 4.38. The molecule has 0 aliphatic carbocycles. The van der Waals surface area contributed by atoms with Crippen LogP contribution in [-0.4, -0.2) is 5.37 Å². The first-order chi connectivity index (χ1) is 11.8. The van der Waals surface area contributed by atoms with E-state index in [1.165, 1.54) is 0 Å². The third-order valence-electron chi connectivity index (χ3n) is 3.07. The van der Waals surface area contributed by atoms with Crippen LogP contribution in [0.25, 0.3) is 0 Å². The third kappa shape index (κ3) is 4.54. The van der Waals surface area contributed by atoms with E-state index in [-0.39, 0.29) is 0 Å². The predicted molar refractivity (Wildman–Crippen MR) is 101 cm³/mol. The van der Waals surface area contributed by atoms with Gasteiger partial charge in [0.05, 0.1) is 0 Å². The van der Waals surface area contributed by atoms with Gasteiger partial charge in [-0.05, 0) is 30.3 Å². The van der Waals surface area contributed by atoms with Gasteiger partial charge in [0.25, 0.3) is 0 Å². The van der Waals surface area contributed by atoms with Gasteiger partial charge in [0.2, 0.25) is 0 Å². The molecule has 3 nitrogen and oxygen atoms in total. The van der Waals surface area contributed by atoms with E-state index in [9.17, 15) is 0 Å². The molecule has 0 saturated carbocycles. The molecule has 0 bridgehead atoms. The molecule has 0 heterocycles. The number of hydrogen-bond donors (Lipinski definition) is 0. The largest absolute Gasteiger partial charge is 0.530 e. The molecule has 0 aromatic heterocycles. The molecule has 3 aromatic carbocycles. The molecule has 5 heteroatoms. The van der Waals surface area contributed by atoms with E-state index in [0.717, 1.165) is 5.56 Å². The minimum absolute atomic E-state index is 0.630. The normalized spacial score (nSPS) is 10.2. The highest BCUT2D eigenvalue weighted by Gasteiger charge is 2.20.